The van der Waals surface area contributed by atoms with E-state index in [1.807, 2.05) is 0 Å². The van der Waals surface area contributed by atoms with E-state index in [-0.39, 0.29) is 4.90 Å². The van der Waals surface area contributed by atoms with Gasteiger partial charge in [0.25, 0.3) is 10.0 Å². The summed E-state index contributed by atoms with van der Waals surface area (Å²) < 4.78 is 39.9. The molecule has 0 aliphatic heterocycles. The summed E-state index contributed by atoms with van der Waals surface area (Å²) in [6.07, 6.45) is 3.56. The monoisotopic (exact) mass is 319 g/mol. The molecule has 2 heterocycles. The third-order valence-electron chi connectivity index (χ3n) is 3.38. The Morgan fingerprint density at radius 1 is 1.23 bits per heavy atom. The number of nitrogens with zero attached hydrogens (tertiary/aromatic N) is 2. The van der Waals surface area contributed by atoms with Crippen molar-refractivity contribution in [3.05, 3.63) is 60.2 Å². The molecule has 0 amide bonds. The smallest absolute Gasteiger partial charge is 0.269 e. The molecule has 22 heavy (non-hydrogen) atoms. The molecule has 0 radical (unpaired) electrons. The first-order valence-electron chi connectivity index (χ1n) is 6.70. The molecule has 114 valence electrons. The second-order valence-electron chi connectivity index (χ2n) is 4.83. The van der Waals surface area contributed by atoms with E-state index in [1.165, 1.54) is 30.6 Å². The van der Waals surface area contributed by atoms with E-state index in [4.69, 9.17) is 5.73 Å². The first-order valence-corrected chi connectivity index (χ1v) is 8.14. The van der Waals surface area contributed by atoms with Gasteiger partial charge in [0.2, 0.25) is 0 Å². The van der Waals surface area contributed by atoms with Gasteiger partial charge in [-0.25, -0.2) is 21.8 Å². The summed E-state index contributed by atoms with van der Waals surface area (Å²) in [5.41, 5.74) is 6.68. The van der Waals surface area contributed by atoms with Crippen LogP contribution in [0.3, 0.4) is 0 Å². The fourth-order valence-corrected chi connectivity index (χ4v) is 3.75. The summed E-state index contributed by atoms with van der Waals surface area (Å²) in [5, 5.41) is 0.730. The van der Waals surface area contributed by atoms with Crippen molar-refractivity contribution in [1.29, 1.82) is 0 Å². The van der Waals surface area contributed by atoms with Crippen molar-refractivity contribution in [2.45, 2.75) is 11.3 Å². The standard InChI is InChI=1S/C15H14FN3O2S/c16-12-3-1-4-13(9-12)22(20,21)19-10-11(6-7-17)14-5-2-8-18-15(14)19/h1-5,8-10H,6-7,17H2. The van der Waals surface area contributed by atoms with Crippen molar-refractivity contribution >= 4 is 21.1 Å². The second kappa shape index (κ2) is 5.51. The molecule has 2 aromatic heterocycles. The molecule has 0 fully saturated rings. The zero-order chi connectivity index (χ0) is 15.7. The molecule has 0 saturated carbocycles. The van der Waals surface area contributed by atoms with Crippen LogP contribution in [0.4, 0.5) is 4.39 Å². The van der Waals surface area contributed by atoms with Crippen LogP contribution >= 0.6 is 0 Å². The molecular formula is C15H14FN3O2S. The second-order valence-corrected chi connectivity index (χ2v) is 6.64. The van der Waals surface area contributed by atoms with E-state index in [9.17, 15) is 12.8 Å². The Morgan fingerprint density at radius 3 is 2.77 bits per heavy atom. The number of benzene rings is 1. The molecule has 7 heteroatoms. The summed E-state index contributed by atoms with van der Waals surface area (Å²) in [6, 6.07) is 8.45. The van der Waals surface area contributed by atoms with Crippen molar-refractivity contribution in [2.75, 3.05) is 6.54 Å². The topological polar surface area (TPSA) is 78.0 Å². The van der Waals surface area contributed by atoms with E-state index in [1.54, 1.807) is 12.1 Å². The van der Waals surface area contributed by atoms with Gasteiger partial charge in [-0.05, 0) is 48.9 Å². The van der Waals surface area contributed by atoms with Gasteiger partial charge in [0.15, 0.2) is 5.65 Å². The van der Waals surface area contributed by atoms with Gasteiger partial charge in [0.05, 0.1) is 4.90 Å². The molecule has 0 atom stereocenters. The van der Waals surface area contributed by atoms with E-state index in [2.05, 4.69) is 4.98 Å². The molecule has 1 aromatic carbocycles. The molecule has 5 nitrogen and oxygen atoms in total. The normalized spacial score (nSPS) is 11.9. The molecule has 3 rings (SSSR count). The molecule has 2 N–H and O–H groups in total. The Hall–Kier alpha value is -2.25. The molecule has 0 aliphatic rings. The number of rotatable bonds is 4. The maximum atomic E-state index is 13.3. The highest BCUT2D eigenvalue weighted by atomic mass is 32.2. The fraction of sp³-hybridized carbons (Fsp3) is 0.133. The number of nitrogens with two attached hydrogens (primary N) is 1. The Balaban J connectivity index is 2.25. The Kier molecular flexibility index (Phi) is 3.67. The SMILES string of the molecule is NCCc1cn(S(=O)(=O)c2cccc(F)c2)c2ncccc12. The number of aromatic nitrogens is 2. The van der Waals surface area contributed by atoms with Crippen LogP contribution < -0.4 is 5.73 Å². The number of pyridine rings is 1. The zero-order valence-corrected chi connectivity index (χ0v) is 12.4. The Morgan fingerprint density at radius 2 is 2.05 bits per heavy atom. The molecule has 3 aromatic rings. The zero-order valence-electron chi connectivity index (χ0n) is 11.6. The highest BCUT2D eigenvalue weighted by molar-refractivity contribution is 7.90. The number of halogens is 1. The molecule has 0 saturated heterocycles. The average Bonchev–Trinajstić information content (AvgIpc) is 2.88. The lowest BCUT2D eigenvalue weighted by Gasteiger charge is -2.06. The fourth-order valence-electron chi connectivity index (χ4n) is 2.37. The van der Waals surface area contributed by atoms with Crippen LogP contribution in [-0.2, 0) is 16.4 Å². The third kappa shape index (κ3) is 2.38. The Labute approximate surface area is 127 Å². The third-order valence-corrected chi connectivity index (χ3v) is 5.03. The predicted molar refractivity (Wildman–Crippen MR) is 81.5 cm³/mol. The van der Waals surface area contributed by atoms with Crippen LogP contribution in [0.5, 0.6) is 0 Å². The van der Waals surface area contributed by atoms with E-state index >= 15 is 0 Å². The summed E-state index contributed by atoms with van der Waals surface area (Å²) in [6.45, 7) is 0.397. The van der Waals surface area contributed by atoms with Gasteiger partial charge in [-0.1, -0.05) is 6.07 Å². The van der Waals surface area contributed by atoms with Crippen LogP contribution in [-0.4, -0.2) is 23.9 Å². The number of hydrogen-bond acceptors (Lipinski definition) is 4. The Bertz CT molecular complexity index is 935. The first kappa shape index (κ1) is 14.7. The minimum atomic E-state index is -3.91. The van der Waals surface area contributed by atoms with E-state index in [0.29, 0.717) is 18.6 Å². The van der Waals surface area contributed by atoms with Gasteiger partial charge >= 0.3 is 0 Å². The lowest BCUT2D eigenvalue weighted by Crippen LogP contribution is -2.12. The van der Waals surface area contributed by atoms with Gasteiger partial charge in [0.1, 0.15) is 5.82 Å². The van der Waals surface area contributed by atoms with Crippen molar-refractivity contribution < 1.29 is 12.8 Å². The minimum absolute atomic E-state index is 0.116. The maximum absolute atomic E-state index is 13.3. The first-order chi connectivity index (χ1) is 10.5. The molecule has 0 spiro atoms. The predicted octanol–water partition coefficient (Wildman–Crippen LogP) is 1.91. The summed E-state index contributed by atoms with van der Waals surface area (Å²) >= 11 is 0. The van der Waals surface area contributed by atoms with Gasteiger partial charge in [-0.2, -0.15) is 0 Å². The molecule has 0 aliphatic carbocycles. The van der Waals surface area contributed by atoms with Gasteiger partial charge in [-0.3, -0.25) is 0 Å². The van der Waals surface area contributed by atoms with Crippen LogP contribution in [0.1, 0.15) is 5.56 Å². The lowest BCUT2D eigenvalue weighted by atomic mass is 10.2. The average molecular weight is 319 g/mol. The van der Waals surface area contributed by atoms with E-state index < -0.39 is 15.8 Å². The van der Waals surface area contributed by atoms with Crippen LogP contribution in [0.15, 0.2) is 53.7 Å². The highest BCUT2D eigenvalue weighted by Crippen LogP contribution is 2.24. The molecule has 0 unspecified atom stereocenters. The van der Waals surface area contributed by atoms with Crippen LogP contribution in [0.25, 0.3) is 11.0 Å². The largest absolute Gasteiger partial charge is 0.330 e. The van der Waals surface area contributed by atoms with Gasteiger partial charge < -0.3 is 5.73 Å². The van der Waals surface area contributed by atoms with Crippen molar-refractivity contribution in [3.8, 4) is 0 Å². The van der Waals surface area contributed by atoms with Crippen LogP contribution in [0.2, 0.25) is 0 Å². The number of hydrogen-bond donors (Lipinski definition) is 1. The van der Waals surface area contributed by atoms with Crippen molar-refractivity contribution in [2.24, 2.45) is 5.73 Å². The van der Waals surface area contributed by atoms with Crippen molar-refractivity contribution in [3.63, 3.8) is 0 Å². The summed E-state index contributed by atoms with van der Waals surface area (Å²) in [7, 11) is -3.91. The molecular weight excluding hydrogens is 305 g/mol. The van der Waals surface area contributed by atoms with Gasteiger partial charge in [-0.15, -0.1) is 0 Å². The molecule has 0 bridgehead atoms. The van der Waals surface area contributed by atoms with Gasteiger partial charge in [0, 0.05) is 17.8 Å². The van der Waals surface area contributed by atoms with Crippen LogP contribution in [0, 0.1) is 5.82 Å². The summed E-state index contributed by atoms with van der Waals surface area (Å²) in [5.74, 6) is -0.604. The quantitative estimate of drug-likeness (QED) is 0.797. The maximum Gasteiger partial charge on any atom is 0.269 e. The lowest BCUT2D eigenvalue weighted by molar-refractivity contribution is 0.584. The number of fused-ring (bicyclic) bond motifs is 1. The summed E-state index contributed by atoms with van der Waals surface area (Å²) in [4.78, 5) is 4.03. The highest BCUT2D eigenvalue weighted by Gasteiger charge is 2.22. The van der Waals surface area contributed by atoms with Crippen molar-refractivity contribution in [1.82, 2.24) is 8.96 Å². The minimum Gasteiger partial charge on any atom is -0.330 e. The van der Waals surface area contributed by atoms with E-state index in [0.717, 1.165) is 21.0 Å².